The third-order valence-corrected chi connectivity index (χ3v) is 5.35. The van der Waals surface area contributed by atoms with E-state index < -0.39 is 0 Å². The third kappa shape index (κ3) is 3.57. The molecular formula is C17H28N2S. The van der Waals surface area contributed by atoms with Crippen molar-refractivity contribution >= 4 is 11.8 Å². The second-order valence-electron chi connectivity index (χ2n) is 5.72. The van der Waals surface area contributed by atoms with E-state index in [1.807, 2.05) is 11.8 Å². The van der Waals surface area contributed by atoms with E-state index in [9.17, 15) is 0 Å². The Morgan fingerprint density at radius 1 is 1.25 bits per heavy atom. The minimum Gasteiger partial charge on any atom is -0.311 e. The molecule has 20 heavy (non-hydrogen) atoms. The van der Waals surface area contributed by atoms with Crippen LogP contribution in [0, 0.1) is 0 Å². The molecule has 0 bridgehead atoms. The zero-order valence-corrected chi connectivity index (χ0v) is 14.0. The smallest absolute Gasteiger partial charge is 0.0324 e. The fourth-order valence-corrected chi connectivity index (χ4v) is 3.50. The van der Waals surface area contributed by atoms with Gasteiger partial charge in [0, 0.05) is 36.1 Å². The van der Waals surface area contributed by atoms with Gasteiger partial charge in [-0.1, -0.05) is 26.0 Å². The second kappa shape index (κ2) is 7.48. The van der Waals surface area contributed by atoms with Crippen LogP contribution in [0.1, 0.15) is 45.2 Å². The van der Waals surface area contributed by atoms with Gasteiger partial charge in [-0.25, -0.2) is 0 Å². The predicted octanol–water partition coefficient (Wildman–Crippen LogP) is 3.93. The van der Waals surface area contributed by atoms with Crippen LogP contribution < -0.4 is 5.32 Å². The summed E-state index contributed by atoms with van der Waals surface area (Å²) in [6.45, 7) is 9.23. The van der Waals surface area contributed by atoms with E-state index in [0.717, 1.165) is 6.54 Å². The highest BCUT2D eigenvalue weighted by Gasteiger charge is 2.29. The van der Waals surface area contributed by atoms with Crippen molar-refractivity contribution in [2.24, 2.45) is 0 Å². The van der Waals surface area contributed by atoms with E-state index in [2.05, 4.69) is 61.5 Å². The molecule has 1 N–H and O–H groups in total. The standard InChI is InChI=1S/C17H28N2S/c1-5-15-12-19(16(6-2)11-18-15)13(3)14-7-9-17(20-4)10-8-14/h7-10,13,15-16,18H,5-6,11-12H2,1-4H3. The first-order valence-electron chi connectivity index (χ1n) is 7.82. The summed E-state index contributed by atoms with van der Waals surface area (Å²) < 4.78 is 0. The van der Waals surface area contributed by atoms with Gasteiger partial charge in [-0.15, -0.1) is 11.8 Å². The van der Waals surface area contributed by atoms with Gasteiger partial charge < -0.3 is 5.32 Å². The molecule has 0 spiro atoms. The monoisotopic (exact) mass is 292 g/mol. The Morgan fingerprint density at radius 3 is 2.50 bits per heavy atom. The zero-order valence-electron chi connectivity index (χ0n) is 13.2. The quantitative estimate of drug-likeness (QED) is 0.828. The molecule has 0 radical (unpaired) electrons. The molecule has 1 aromatic carbocycles. The van der Waals surface area contributed by atoms with Gasteiger partial charge in [0.2, 0.25) is 0 Å². The van der Waals surface area contributed by atoms with Crippen LogP contribution in [-0.2, 0) is 0 Å². The fraction of sp³-hybridized carbons (Fsp3) is 0.647. The number of piperazine rings is 1. The summed E-state index contributed by atoms with van der Waals surface area (Å²) >= 11 is 1.81. The van der Waals surface area contributed by atoms with Gasteiger partial charge in [-0.05, 0) is 43.7 Å². The zero-order chi connectivity index (χ0) is 14.5. The average Bonchev–Trinajstić information content (AvgIpc) is 2.53. The maximum atomic E-state index is 3.68. The lowest BCUT2D eigenvalue weighted by Crippen LogP contribution is -2.56. The van der Waals surface area contributed by atoms with Crippen LogP contribution in [0.15, 0.2) is 29.2 Å². The SMILES string of the molecule is CCC1CN(C(C)c2ccc(SC)cc2)C(CC)CN1. The summed E-state index contributed by atoms with van der Waals surface area (Å²) in [5.74, 6) is 0. The lowest BCUT2D eigenvalue weighted by atomic mass is 9.99. The van der Waals surface area contributed by atoms with E-state index in [1.54, 1.807) is 0 Å². The number of rotatable bonds is 5. The van der Waals surface area contributed by atoms with Gasteiger partial charge in [0.15, 0.2) is 0 Å². The Balaban J connectivity index is 2.12. The summed E-state index contributed by atoms with van der Waals surface area (Å²) in [6.07, 6.45) is 4.56. The molecule has 0 aromatic heterocycles. The van der Waals surface area contributed by atoms with Crippen LogP contribution in [0.2, 0.25) is 0 Å². The van der Waals surface area contributed by atoms with Gasteiger partial charge in [0.05, 0.1) is 0 Å². The van der Waals surface area contributed by atoms with E-state index >= 15 is 0 Å². The molecule has 1 heterocycles. The molecule has 1 aliphatic rings. The summed E-state index contributed by atoms with van der Waals surface area (Å²) in [7, 11) is 0. The normalized spacial score (nSPS) is 25.6. The molecule has 0 saturated carbocycles. The Labute approximate surface area is 128 Å². The molecule has 2 rings (SSSR count). The van der Waals surface area contributed by atoms with Crippen LogP contribution in [0.3, 0.4) is 0 Å². The highest BCUT2D eigenvalue weighted by Crippen LogP contribution is 2.27. The minimum absolute atomic E-state index is 0.506. The highest BCUT2D eigenvalue weighted by atomic mass is 32.2. The van der Waals surface area contributed by atoms with E-state index in [-0.39, 0.29) is 0 Å². The first-order valence-corrected chi connectivity index (χ1v) is 9.05. The molecule has 112 valence electrons. The van der Waals surface area contributed by atoms with Crippen LogP contribution in [0.4, 0.5) is 0 Å². The molecule has 1 aliphatic heterocycles. The molecular weight excluding hydrogens is 264 g/mol. The highest BCUT2D eigenvalue weighted by molar-refractivity contribution is 7.98. The van der Waals surface area contributed by atoms with Crippen molar-refractivity contribution < 1.29 is 0 Å². The second-order valence-corrected chi connectivity index (χ2v) is 6.60. The Kier molecular flexibility index (Phi) is 5.94. The van der Waals surface area contributed by atoms with Crippen molar-refractivity contribution in [1.29, 1.82) is 0 Å². The minimum atomic E-state index is 0.506. The fourth-order valence-electron chi connectivity index (χ4n) is 3.09. The van der Waals surface area contributed by atoms with Crippen molar-refractivity contribution in [3.63, 3.8) is 0 Å². The molecule has 2 nitrogen and oxygen atoms in total. The number of hydrogen-bond acceptors (Lipinski definition) is 3. The molecule has 3 unspecified atom stereocenters. The molecule has 3 atom stereocenters. The van der Waals surface area contributed by atoms with Crippen molar-refractivity contribution in [2.45, 2.75) is 56.6 Å². The maximum Gasteiger partial charge on any atom is 0.0324 e. The Morgan fingerprint density at radius 2 is 1.95 bits per heavy atom. The molecule has 0 amide bonds. The Bertz CT molecular complexity index is 404. The van der Waals surface area contributed by atoms with E-state index in [0.29, 0.717) is 18.1 Å². The van der Waals surface area contributed by atoms with Crippen molar-refractivity contribution in [3.05, 3.63) is 29.8 Å². The maximum absolute atomic E-state index is 3.68. The molecule has 1 fully saturated rings. The largest absolute Gasteiger partial charge is 0.311 e. The average molecular weight is 292 g/mol. The van der Waals surface area contributed by atoms with Crippen molar-refractivity contribution in [3.8, 4) is 0 Å². The summed E-state index contributed by atoms with van der Waals surface area (Å²) in [6, 6.07) is 10.9. The van der Waals surface area contributed by atoms with Gasteiger partial charge in [-0.3, -0.25) is 4.90 Å². The van der Waals surface area contributed by atoms with Gasteiger partial charge in [0.25, 0.3) is 0 Å². The summed E-state index contributed by atoms with van der Waals surface area (Å²) in [4.78, 5) is 4.04. The summed E-state index contributed by atoms with van der Waals surface area (Å²) in [5.41, 5.74) is 1.44. The molecule has 0 aliphatic carbocycles. The first-order chi connectivity index (χ1) is 9.69. The van der Waals surface area contributed by atoms with Crippen LogP contribution in [0.5, 0.6) is 0 Å². The summed E-state index contributed by atoms with van der Waals surface area (Å²) in [5, 5.41) is 3.68. The number of hydrogen-bond donors (Lipinski definition) is 1. The van der Waals surface area contributed by atoms with E-state index in [4.69, 9.17) is 0 Å². The lowest BCUT2D eigenvalue weighted by Gasteiger charge is -2.43. The molecule has 1 saturated heterocycles. The predicted molar refractivity (Wildman–Crippen MR) is 89.5 cm³/mol. The molecule has 1 aromatic rings. The van der Waals surface area contributed by atoms with Gasteiger partial charge >= 0.3 is 0 Å². The van der Waals surface area contributed by atoms with Gasteiger partial charge in [0.1, 0.15) is 0 Å². The number of benzene rings is 1. The topological polar surface area (TPSA) is 15.3 Å². The number of thioether (sulfide) groups is 1. The number of nitrogens with one attached hydrogen (secondary N) is 1. The van der Waals surface area contributed by atoms with Gasteiger partial charge in [-0.2, -0.15) is 0 Å². The van der Waals surface area contributed by atoms with Crippen molar-refractivity contribution in [2.75, 3.05) is 19.3 Å². The lowest BCUT2D eigenvalue weighted by molar-refractivity contribution is 0.0850. The third-order valence-electron chi connectivity index (χ3n) is 4.60. The van der Waals surface area contributed by atoms with Crippen LogP contribution in [0.25, 0.3) is 0 Å². The van der Waals surface area contributed by atoms with E-state index in [1.165, 1.54) is 29.8 Å². The van der Waals surface area contributed by atoms with Crippen LogP contribution in [-0.4, -0.2) is 36.3 Å². The first kappa shape index (κ1) is 15.9. The number of nitrogens with zero attached hydrogens (tertiary/aromatic N) is 1. The molecule has 3 heteroatoms. The van der Waals surface area contributed by atoms with Crippen molar-refractivity contribution in [1.82, 2.24) is 10.2 Å². The Hall–Kier alpha value is -0.510. The van der Waals surface area contributed by atoms with Crippen LogP contribution >= 0.6 is 11.8 Å².